The van der Waals surface area contributed by atoms with Gasteiger partial charge in [-0.25, -0.2) is 9.78 Å². The second-order valence-electron chi connectivity index (χ2n) is 8.69. The summed E-state index contributed by atoms with van der Waals surface area (Å²) in [5.74, 6) is 2.29. The molecule has 3 N–H and O–H groups in total. The second-order valence-corrected chi connectivity index (χ2v) is 10.4. The summed E-state index contributed by atoms with van der Waals surface area (Å²) in [6, 6.07) is 10.4. The van der Waals surface area contributed by atoms with Crippen LogP contribution < -0.4 is 20.9 Å². The number of para-hydroxylation sites is 1. The Labute approximate surface area is 191 Å². The Bertz CT molecular complexity index is 1010. The highest BCUT2D eigenvalue weighted by Crippen LogP contribution is 2.30. The molecule has 0 radical (unpaired) electrons. The quantitative estimate of drug-likeness (QED) is 0.739. The number of aromatic nitrogens is 1. The van der Waals surface area contributed by atoms with Gasteiger partial charge in [-0.05, 0) is 30.9 Å². The Kier molecular flexibility index (Phi) is 5.91. The van der Waals surface area contributed by atoms with Crippen molar-refractivity contribution in [1.29, 1.82) is 0 Å². The van der Waals surface area contributed by atoms with E-state index < -0.39 is 10.8 Å². The molecule has 0 saturated carbocycles. The van der Waals surface area contributed by atoms with Gasteiger partial charge in [-0.1, -0.05) is 18.2 Å². The summed E-state index contributed by atoms with van der Waals surface area (Å²) in [6.45, 7) is 3.96. The van der Waals surface area contributed by atoms with Gasteiger partial charge in [-0.15, -0.1) is 0 Å². The molecule has 0 atom stereocenters. The number of carbonyl (C=O) groups is 1. The zero-order chi connectivity index (χ0) is 22.1. The first-order chi connectivity index (χ1) is 15.6. The number of nitrogens with one attached hydrogen (secondary N) is 1. The minimum absolute atomic E-state index is 0.00350. The van der Waals surface area contributed by atoms with Crippen molar-refractivity contribution in [3.63, 3.8) is 0 Å². The molecule has 2 aromatic rings. The molecule has 0 spiro atoms. The van der Waals surface area contributed by atoms with Crippen molar-refractivity contribution in [2.45, 2.75) is 25.3 Å². The average Bonchev–Trinajstić information content (AvgIpc) is 2.98. The van der Waals surface area contributed by atoms with Crippen LogP contribution in [0.25, 0.3) is 0 Å². The molecule has 8 nitrogen and oxygen atoms in total. The molecular formula is C23H30N6O2S. The number of amides is 2. The molecule has 4 heterocycles. The van der Waals surface area contributed by atoms with E-state index in [9.17, 15) is 9.00 Å². The topological polar surface area (TPSA) is 94.8 Å². The molecule has 32 heavy (non-hydrogen) atoms. The van der Waals surface area contributed by atoms with Crippen LogP contribution in [0.15, 0.2) is 36.5 Å². The van der Waals surface area contributed by atoms with Gasteiger partial charge in [0.1, 0.15) is 5.82 Å². The van der Waals surface area contributed by atoms with E-state index in [4.69, 9.17) is 5.73 Å². The van der Waals surface area contributed by atoms with E-state index in [0.717, 1.165) is 69.2 Å². The molecule has 3 aliphatic heterocycles. The number of anilines is 4. The van der Waals surface area contributed by atoms with Crippen LogP contribution >= 0.6 is 0 Å². The van der Waals surface area contributed by atoms with Gasteiger partial charge in [0.2, 0.25) is 0 Å². The minimum Gasteiger partial charge on any atom is -0.396 e. The average molecular weight is 455 g/mol. The fraction of sp³-hybridized carbons (Fsp3) is 0.478. The maximum atomic E-state index is 12.9. The lowest BCUT2D eigenvalue weighted by Crippen LogP contribution is -2.49. The van der Waals surface area contributed by atoms with Crippen molar-refractivity contribution in [2.24, 2.45) is 0 Å². The number of carbonyl (C=O) groups excluding carboxylic acids is 1. The summed E-state index contributed by atoms with van der Waals surface area (Å²) in [6.07, 6.45) is 4.43. The number of pyridine rings is 1. The first kappa shape index (κ1) is 21.1. The molecule has 3 aliphatic rings. The highest BCUT2D eigenvalue weighted by Gasteiger charge is 2.30. The third kappa shape index (κ3) is 4.26. The van der Waals surface area contributed by atoms with Crippen LogP contribution in [-0.4, -0.2) is 70.4 Å². The number of rotatable bonds is 3. The summed E-state index contributed by atoms with van der Waals surface area (Å²) in [7, 11) is -0.721. The fourth-order valence-corrected chi connectivity index (χ4v) is 5.97. The highest BCUT2D eigenvalue weighted by atomic mass is 32.2. The molecular weight excluding hydrogens is 424 g/mol. The van der Waals surface area contributed by atoms with Crippen LogP contribution in [0.5, 0.6) is 0 Å². The van der Waals surface area contributed by atoms with Crippen LogP contribution in [0.1, 0.15) is 18.4 Å². The monoisotopic (exact) mass is 454 g/mol. The van der Waals surface area contributed by atoms with E-state index in [1.165, 1.54) is 5.56 Å². The Hall–Kier alpha value is -2.81. The van der Waals surface area contributed by atoms with Gasteiger partial charge in [0, 0.05) is 72.8 Å². The SMILES string of the molecule is Nc1cnc(N2CCC(N3CCc4ccccc4NC3=O)CC2)cc1N1CCS(=O)CC1. The van der Waals surface area contributed by atoms with E-state index >= 15 is 0 Å². The number of nitrogens with zero attached hydrogens (tertiary/aromatic N) is 4. The van der Waals surface area contributed by atoms with Crippen molar-refractivity contribution in [2.75, 3.05) is 65.1 Å². The minimum atomic E-state index is -0.721. The smallest absolute Gasteiger partial charge is 0.322 e. The number of nitrogens with two attached hydrogens (primary N) is 1. The molecule has 170 valence electrons. The molecule has 0 bridgehead atoms. The predicted molar refractivity (Wildman–Crippen MR) is 130 cm³/mol. The summed E-state index contributed by atoms with van der Waals surface area (Å²) in [4.78, 5) is 24.0. The van der Waals surface area contributed by atoms with Crippen LogP contribution in [-0.2, 0) is 17.2 Å². The lowest BCUT2D eigenvalue weighted by Gasteiger charge is -2.38. The molecule has 0 aliphatic carbocycles. The number of urea groups is 1. The van der Waals surface area contributed by atoms with Crippen LogP contribution in [0.3, 0.4) is 0 Å². The molecule has 2 saturated heterocycles. The summed E-state index contributed by atoms with van der Waals surface area (Å²) in [5, 5.41) is 3.09. The largest absolute Gasteiger partial charge is 0.396 e. The second kappa shape index (κ2) is 8.97. The summed E-state index contributed by atoms with van der Waals surface area (Å²) >= 11 is 0. The van der Waals surface area contributed by atoms with Gasteiger partial charge in [0.15, 0.2) is 0 Å². The van der Waals surface area contributed by atoms with Crippen molar-refractivity contribution in [3.8, 4) is 0 Å². The maximum Gasteiger partial charge on any atom is 0.322 e. The highest BCUT2D eigenvalue weighted by molar-refractivity contribution is 7.85. The van der Waals surface area contributed by atoms with Gasteiger partial charge >= 0.3 is 6.03 Å². The van der Waals surface area contributed by atoms with Crippen LogP contribution in [0.4, 0.5) is 27.7 Å². The number of fused-ring (bicyclic) bond motifs is 1. The Balaban J connectivity index is 1.24. The molecule has 2 fully saturated rings. The third-order valence-corrected chi connectivity index (χ3v) is 8.06. The lowest BCUT2D eigenvalue weighted by molar-refractivity contribution is 0.177. The zero-order valence-electron chi connectivity index (χ0n) is 18.2. The van der Waals surface area contributed by atoms with Gasteiger partial charge < -0.3 is 25.8 Å². The molecule has 9 heteroatoms. The third-order valence-electron chi connectivity index (χ3n) is 6.79. The Morgan fingerprint density at radius 3 is 2.56 bits per heavy atom. The number of hydrogen-bond acceptors (Lipinski definition) is 6. The number of benzene rings is 1. The van der Waals surface area contributed by atoms with Crippen molar-refractivity contribution in [3.05, 3.63) is 42.1 Å². The van der Waals surface area contributed by atoms with Crippen molar-refractivity contribution >= 4 is 39.7 Å². The molecule has 2 amide bonds. The molecule has 0 unspecified atom stereocenters. The lowest BCUT2D eigenvalue weighted by atomic mass is 10.0. The predicted octanol–water partition coefficient (Wildman–Crippen LogP) is 2.29. The molecule has 5 rings (SSSR count). The van der Waals surface area contributed by atoms with Crippen molar-refractivity contribution < 1.29 is 9.00 Å². The summed E-state index contributed by atoms with van der Waals surface area (Å²) in [5.41, 5.74) is 9.99. The van der Waals surface area contributed by atoms with Crippen LogP contribution in [0, 0.1) is 0 Å². The molecule has 1 aromatic carbocycles. The van der Waals surface area contributed by atoms with E-state index in [1.807, 2.05) is 23.1 Å². The van der Waals surface area contributed by atoms with Gasteiger partial charge in [0.05, 0.1) is 17.6 Å². The van der Waals surface area contributed by atoms with Crippen LogP contribution in [0.2, 0.25) is 0 Å². The fourth-order valence-electron chi connectivity index (χ4n) is 4.92. The van der Waals surface area contributed by atoms with E-state index in [2.05, 4.69) is 32.2 Å². The first-order valence-electron chi connectivity index (χ1n) is 11.3. The Morgan fingerprint density at radius 1 is 1.03 bits per heavy atom. The van der Waals surface area contributed by atoms with Gasteiger partial charge in [-0.3, -0.25) is 4.21 Å². The number of nitrogen functional groups attached to an aromatic ring is 1. The Morgan fingerprint density at radius 2 is 1.78 bits per heavy atom. The van der Waals surface area contributed by atoms with E-state index in [0.29, 0.717) is 17.2 Å². The summed E-state index contributed by atoms with van der Waals surface area (Å²) < 4.78 is 11.7. The first-order valence-corrected chi connectivity index (χ1v) is 12.8. The maximum absolute atomic E-state index is 12.9. The van der Waals surface area contributed by atoms with Gasteiger partial charge in [0.25, 0.3) is 0 Å². The number of piperidine rings is 1. The molecule has 1 aromatic heterocycles. The van der Waals surface area contributed by atoms with E-state index in [1.54, 1.807) is 6.20 Å². The zero-order valence-corrected chi connectivity index (χ0v) is 19.0. The van der Waals surface area contributed by atoms with Gasteiger partial charge in [-0.2, -0.15) is 0 Å². The van der Waals surface area contributed by atoms with Crippen molar-refractivity contribution in [1.82, 2.24) is 9.88 Å². The standard InChI is InChI=1S/C23H30N6O2S/c24-19-16-25-22(15-21(19)27-11-13-32(31)14-12-27)28-8-6-18(7-9-28)29-10-5-17-3-1-2-4-20(17)26-23(29)30/h1-4,15-16,18H,5-14,24H2,(H,26,30). The number of hydrogen-bond donors (Lipinski definition) is 2. The normalized spacial score (nSPS) is 20.6. The van der Waals surface area contributed by atoms with E-state index in [-0.39, 0.29) is 12.1 Å².